The summed E-state index contributed by atoms with van der Waals surface area (Å²) in [6, 6.07) is 5.50. The molecule has 2 aromatic rings. The van der Waals surface area contributed by atoms with Crippen molar-refractivity contribution in [1.82, 2.24) is 18.8 Å². The summed E-state index contributed by atoms with van der Waals surface area (Å²) in [4.78, 5) is 8.57. The first-order chi connectivity index (χ1) is 9.55. The maximum absolute atomic E-state index is 11.8. The number of aromatic nitrogens is 3. The highest BCUT2D eigenvalue weighted by Gasteiger charge is 2.33. The van der Waals surface area contributed by atoms with E-state index in [0.717, 1.165) is 24.4 Å². The molecule has 3 heterocycles. The Morgan fingerprint density at radius 1 is 1.35 bits per heavy atom. The molecule has 1 aliphatic rings. The van der Waals surface area contributed by atoms with Gasteiger partial charge in [-0.3, -0.25) is 4.57 Å². The Bertz CT molecular complexity index is 697. The molecule has 2 aromatic heterocycles. The summed E-state index contributed by atoms with van der Waals surface area (Å²) < 4.78 is 27.0. The number of sulfonamides is 1. The Morgan fingerprint density at radius 2 is 2.20 bits per heavy atom. The SMILES string of the molecule is CS(=O)(=O)N1CCCC1c1cccc(-n2ccnc2)n1. The Labute approximate surface area is 118 Å². The van der Waals surface area contributed by atoms with Crippen LogP contribution in [0.3, 0.4) is 0 Å². The largest absolute Gasteiger partial charge is 0.291 e. The molecule has 0 bridgehead atoms. The minimum absolute atomic E-state index is 0.159. The maximum Gasteiger partial charge on any atom is 0.211 e. The van der Waals surface area contributed by atoms with Crippen molar-refractivity contribution in [2.75, 3.05) is 12.8 Å². The number of imidazole rings is 1. The minimum atomic E-state index is -3.19. The highest BCUT2D eigenvalue weighted by molar-refractivity contribution is 7.88. The monoisotopic (exact) mass is 292 g/mol. The molecule has 0 aromatic carbocycles. The smallest absolute Gasteiger partial charge is 0.211 e. The van der Waals surface area contributed by atoms with Gasteiger partial charge in [-0.15, -0.1) is 0 Å². The Balaban J connectivity index is 1.97. The molecule has 0 saturated carbocycles. The zero-order valence-electron chi connectivity index (χ0n) is 11.2. The van der Waals surface area contributed by atoms with Gasteiger partial charge >= 0.3 is 0 Å². The van der Waals surface area contributed by atoms with Crippen LogP contribution in [0.25, 0.3) is 5.82 Å². The van der Waals surface area contributed by atoms with Crippen LogP contribution in [0.15, 0.2) is 36.9 Å². The van der Waals surface area contributed by atoms with E-state index in [0.29, 0.717) is 6.54 Å². The van der Waals surface area contributed by atoms with Crippen molar-refractivity contribution in [2.24, 2.45) is 0 Å². The molecule has 1 fully saturated rings. The van der Waals surface area contributed by atoms with E-state index in [1.807, 2.05) is 29.0 Å². The molecular formula is C13H16N4O2S. The summed E-state index contributed by atoms with van der Waals surface area (Å²) >= 11 is 0. The van der Waals surface area contributed by atoms with Gasteiger partial charge in [0.05, 0.1) is 18.0 Å². The van der Waals surface area contributed by atoms with Crippen LogP contribution in [0.2, 0.25) is 0 Å². The second kappa shape index (κ2) is 4.99. The summed E-state index contributed by atoms with van der Waals surface area (Å²) in [5.74, 6) is 0.750. The summed E-state index contributed by atoms with van der Waals surface area (Å²) in [5, 5.41) is 0. The van der Waals surface area contributed by atoms with Crippen molar-refractivity contribution in [3.63, 3.8) is 0 Å². The van der Waals surface area contributed by atoms with Crippen LogP contribution >= 0.6 is 0 Å². The molecule has 0 radical (unpaired) electrons. The lowest BCUT2D eigenvalue weighted by molar-refractivity contribution is 0.394. The molecule has 0 amide bonds. The number of rotatable bonds is 3. The maximum atomic E-state index is 11.8. The van der Waals surface area contributed by atoms with Gasteiger partial charge in [-0.1, -0.05) is 6.07 Å². The van der Waals surface area contributed by atoms with Gasteiger partial charge in [0, 0.05) is 18.9 Å². The quantitative estimate of drug-likeness (QED) is 0.856. The van der Waals surface area contributed by atoms with Crippen molar-refractivity contribution in [1.29, 1.82) is 0 Å². The highest BCUT2D eigenvalue weighted by Crippen LogP contribution is 2.32. The predicted molar refractivity (Wildman–Crippen MR) is 74.9 cm³/mol. The van der Waals surface area contributed by atoms with Crippen LogP contribution in [0.1, 0.15) is 24.6 Å². The van der Waals surface area contributed by atoms with Crippen LogP contribution in [-0.2, 0) is 10.0 Å². The van der Waals surface area contributed by atoms with Crippen molar-refractivity contribution in [3.05, 3.63) is 42.6 Å². The fraction of sp³-hybridized carbons (Fsp3) is 0.385. The molecular weight excluding hydrogens is 276 g/mol. The second-order valence-electron chi connectivity index (χ2n) is 4.92. The van der Waals surface area contributed by atoms with E-state index in [9.17, 15) is 8.42 Å². The third-order valence-electron chi connectivity index (χ3n) is 3.50. The number of hydrogen-bond donors (Lipinski definition) is 0. The van der Waals surface area contributed by atoms with E-state index in [2.05, 4.69) is 9.97 Å². The lowest BCUT2D eigenvalue weighted by Gasteiger charge is -2.21. The molecule has 1 unspecified atom stereocenters. The van der Waals surface area contributed by atoms with Crippen molar-refractivity contribution >= 4 is 10.0 Å². The first-order valence-electron chi connectivity index (χ1n) is 6.48. The fourth-order valence-corrected chi connectivity index (χ4v) is 3.73. The lowest BCUT2D eigenvalue weighted by atomic mass is 10.1. The number of nitrogens with zero attached hydrogens (tertiary/aromatic N) is 4. The Kier molecular flexibility index (Phi) is 3.31. The van der Waals surface area contributed by atoms with E-state index in [1.165, 1.54) is 10.6 Å². The van der Waals surface area contributed by atoms with Gasteiger partial charge in [-0.2, -0.15) is 4.31 Å². The molecule has 6 nitrogen and oxygen atoms in total. The molecule has 1 aliphatic heterocycles. The highest BCUT2D eigenvalue weighted by atomic mass is 32.2. The van der Waals surface area contributed by atoms with Crippen LogP contribution in [0.5, 0.6) is 0 Å². The summed E-state index contributed by atoms with van der Waals surface area (Å²) in [6.07, 6.45) is 8.12. The van der Waals surface area contributed by atoms with Gasteiger partial charge in [0.2, 0.25) is 10.0 Å². The van der Waals surface area contributed by atoms with Gasteiger partial charge in [0.1, 0.15) is 12.1 Å². The van der Waals surface area contributed by atoms with E-state index in [1.54, 1.807) is 12.5 Å². The first kappa shape index (κ1) is 13.3. The van der Waals surface area contributed by atoms with Gasteiger partial charge in [0.15, 0.2) is 0 Å². The lowest BCUT2D eigenvalue weighted by Crippen LogP contribution is -2.30. The zero-order valence-corrected chi connectivity index (χ0v) is 12.0. The normalized spacial score (nSPS) is 20.4. The molecule has 1 atom stereocenters. The number of hydrogen-bond acceptors (Lipinski definition) is 4. The predicted octanol–water partition coefficient (Wildman–Crippen LogP) is 1.36. The van der Waals surface area contributed by atoms with Gasteiger partial charge in [-0.25, -0.2) is 18.4 Å². The van der Waals surface area contributed by atoms with Gasteiger partial charge in [0.25, 0.3) is 0 Å². The van der Waals surface area contributed by atoms with Crippen molar-refractivity contribution < 1.29 is 8.42 Å². The van der Waals surface area contributed by atoms with Crippen LogP contribution in [0.4, 0.5) is 0 Å². The second-order valence-corrected chi connectivity index (χ2v) is 6.86. The van der Waals surface area contributed by atoms with Crippen LogP contribution in [0, 0.1) is 0 Å². The summed E-state index contributed by atoms with van der Waals surface area (Å²) in [7, 11) is -3.19. The molecule has 106 valence electrons. The van der Waals surface area contributed by atoms with Crippen molar-refractivity contribution in [2.45, 2.75) is 18.9 Å². The molecule has 3 rings (SSSR count). The Hall–Kier alpha value is -1.73. The molecule has 0 aliphatic carbocycles. The fourth-order valence-electron chi connectivity index (χ4n) is 2.60. The minimum Gasteiger partial charge on any atom is -0.291 e. The molecule has 1 saturated heterocycles. The van der Waals surface area contributed by atoms with Crippen LogP contribution in [-0.4, -0.2) is 40.1 Å². The van der Waals surface area contributed by atoms with Crippen molar-refractivity contribution in [3.8, 4) is 5.82 Å². The third-order valence-corrected chi connectivity index (χ3v) is 4.78. The topological polar surface area (TPSA) is 68.1 Å². The zero-order chi connectivity index (χ0) is 14.2. The Morgan fingerprint density at radius 3 is 2.90 bits per heavy atom. The van der Waals surface area contributed by atoms with E-state index in [-0.39, 0.29) is 6.04 Å². The molecule has 7 heteroatoms. The van der Waals surface area contributed by atoms with Gasteiger partial charge in [-0.05, 0) is 25.0 Å². The molecule has 20 heavy (non-hydrogen) atoms. The third kappa shape index (κ3) is 2.46. The average Bonchev–Trinajstić information content (AvgIpc) is 3.10. The average molecular weight is 292 g/mol. The van der Waals surface area contributed by atoms with Crippen LogP contribution < -0.4 is 0 Å². The van der Waals surface area contributed by atoms with Gasteiger partial charge < -0.3 is 0 Å². The van der Waals surface area contributed by atoms with E-state index in [4.69, 9.17) is 0 Å². The first-order valence-corrected chi connectivity index (χ1v) is 8.32. The molecule has 0 spiro atoms. The summed E-state index contributed by atoms with van der Waals surface area (Å²) in [5.41, 5.74) is 0.791. The number of pyridine rings is 1. The van der Waals surface area contributed by atoms with E-state index >= 15 is 0 Å². The van der Waals surface area contributed by atoms with E-state index < -0.39 is 10.0 Å². The summed E-state index contributed by atoms with van der Waals surface area (Å²) in [6.45, 7) is 0.570. The standard InChI is InChI=1S/C13H16N4O2S/c1-20(18,19)17-8-3-5-12(17)11-4-2-6-13(15-11)16-9-7-14-10-16/h2,4,6-7,9-10,12H,3,5,8H2,1H3. The molecule has 0 N–H and O–H groups in total.